The number of carbonyl (C=O) groups excluding carboxylic acids is 1. The molecule has 0 aliphatic heterocycles. The zero-order valence-corrected chi connectivity index (χ0v) is 11.1. The molecule has 1 aromatic rings. The predicted molar refractivity (Wildman–Crippen MR) is 70.1 cm³/mol. The van der Waals surface area contributed by atoms with Gasteiger partial charge < -0.3 is 10.4 Å². The Kier molecular flexibility index (Phi) is 4.73. The molecule has 92 valence electrons. The van der Waals surface area contributed by atoms with Gasteiger partial charge in [0, 0.05) is 5.54 Å². The maximum absolute atomic E-state index is 11.9. The average Bonchev–Trinajstić information content (AvgIpc) is 2.74. The molecule has 0 unspecified atom stereocenters. The second-order valence-corrected chi connectivity index (χ2v) is 5.40. The van der Waals surface area contributed by atoms with E-state index in [-0.39, 0.29) is 18.1 Å². The lowest BCUT2D eigenvalue weighted by Crippen LogP contribution is -2.42. The first kappa shape index (κ1) is 13.8. The van der Waals surface area contributed by atoms with Gasteiger partial charge >= 0.3 is 0 Å². The summed E-state index contributed by atoms with van der Waals surface area (Å²) in [6.07, 6.45) is 0.876. The smallest absolute Gasteiger partial charge is 0.261 e. The molecule has 1 rings (SSSR count). The Morgan fingerprint density at radius 2 is 2.24 bits per heavy atom. The first-order valence-corrected chi connectivity index (χ1v) is 6.32. The summed E-state index contributed by atoms with van der Waals surface area (Å²) in [6.45, 7) is 5.85. The molecule has 1 aromatic heterocycles. The van der Waals surface area contributed by atoms with Crippen LogP contribution in [0.3, 0.4) is 0 Å². The molecule has 0 aliphatic carbocycles. The second-order valence-electron chi connectivity index (χ2n) is 4.32. The van der Waals surface area contributed by atoms with Crippen LogP contribution in [0.4, 0.5) is 0 Å². The van der Waals surface area contributed by atoms with Gasteiger partial charge in [-0.05, 0) is 32.4 Å². The van der Waals surface area contributed by atoms with E-state index in [0.717, 1.165) is 11.3 Å². The Bertz CT molecular complexity index is 451. The first-order valence-electron chi connectivity index (χ1n) is 5.50. The molecule has 4 heteroatoms. The summed E-state index contributed by atoms with van der Waals surface area (Å²) in [5.74, 6) is 5.27. The van der Waals surface area contributed by atoms with Crippen molar-refractivity contribution in [3.05, 3.63) is 21.9 Å². The molecule has 1 heterocycles. The third-order valence-corrected chi connectivity index (χ3v) is 3.46. The standard InChI is InChI=1S/C13H17NO2S/c1-4-13(2,3)14-12(16)11-8-7-10(17-11)6-5-9-15/h7-8,15H,4,9H2,1-3H3,(H,14,16). The molecule has 3 nitrogen and oxygen atoms in total. The Morgan fingerprint density at radius 1 is 1.53 bits per heavy atom. The lowest BCUT2D eigenvalue weighted by Gasteiger charge is -2.23. The third kappa shape index (κ3) is 4.22. The SMILES string of the molecule is CCC(C)(C)NC(=O)c1ccc(C#CCO)s1. The number of thiophene rings is 1. The van der Waals surface area contributed by atoms with Crippen LogP contribution in [0.2, 0.25) is 0 Å². The summed E-state index contributed by atoms with van der Waals surface area (Å²) in [4.78, 5) is 13.3. The third-order valence-electron chi connectivity index (χ3n) is 2.46. The monoisotopic (exact) mass is 251 g/mol. The first-order chi connectivity index (χ1) is 7.98. The zero-order valence-electron chi connectivity index (χ0n) is 10.3. The fourth-order valence-corrected chi connectivity index (χ4v) is 1.89. The van der Waals surface area contributed by atoms with Gasteiger partial charge in [0.05, 0.1) is 9.75 Å². The summed E-state index contributed by atoms with van der Waals surface area (Å²) < 4.78 is 0. The van der Waals surface area contributed by atoms with Crippen LogP contribution in [0.15, 0.2) is 12.1 Å². The summed E-state index contributed by atoms with van der Waals surface area (Å²) in [5.41, 5.74) is -0.196. The maximum Gasteiger partial charge on any atom is 0.261 e. The zero-order chi connectivity index (χ0) is 12.9. The van der Waals surface area contributed by atoms with Crippen molar-refractivity contribution in [1.82, 2.24) is 5.32 Å². The van der Waals surface area contributed by atoms with E-state index in [9.17, 15) is 4.79 Å². The molecule has 1 amide bonds. The van der Waals surface area contributed by atoms with Crippen LogP contribution in [-0.4, -0.2) is 23.2 Å². The summed E-state index contributed by atoms with van der Waals surface area (Å²) >= 11 is 1.34. The van der Waals surface area contributed by atoms with Crippen molar-refractivity contribution < 1.29 is 9.90 Å². The average molecular weight is 251 g/mol. The largest absolute Gasteiger partial charge is 0.384 e. The van der Waals surface area contributed by atoms with E-state index < -0.39 is 0 Å². The molecule has 0 aromatic carbocycles. The minimum Gasteiger partial charge on any atom is -0.384 e. The normalized spacial score (nSPS) is 10.6. The molecule has 17 heavy (non-hydrogen) atoms. The summed E-state index contributed by atoms with van der Waals surface area (Å²) in [5, 5.41) is 11.5. The van der Waals surface area contributed by atoms with E-state index >= 15 is 0 Å². The maximum atomic E-state index is 11.9. The molecule has 0 atom stereocenters. The Hall–Kier alpha value is -1.31. The van der Waals surface area contributed by atoms with Crippen LogP contribution in [0.5, 0.6) is 0 Å². The molecular formula is C13H17NO2S. The molecule has 2 N–H and O–H groups in total. The molecule has 0 fully saturated rings. The number of aliphatic hydroxyl groups is 1. The minimum atomic E-state index is -0.196. The number of nitrogens with one attached hydrogen (secondary N) is 1. The number of carbonyl (C=O) groups is 1. The number of hydrogen-bond donors (Lipinski definition) is 2. The topological polar surface area (TPSA) is 49.3 Å². The highest BCUT2D eigenvalue weighted by atomic mass is 32.1. The highest BCUT2D eigenvalue weighted by Crippen LogP contribution is 2.17. The van der Waals surface area contributed by atoms with E-state index in [0.29, 0.717) is 4.88 Å². The fourth-order valence-electron chi connectivity index (χ4n) is 1.11. The van der Waals surface area contributed by atoms with Gasteiger partial charge in [-0.3, -0.25) is 4.79 Å². The van der Waals surface area contributed by atoms with Crippen LogP contribution >= 0.6 is 11.3 Å². The summed E-state index contributed by atoms with van der Waals surface area (Å²) in [6, 6.07) is 3.55. The van der Waals surface area contributed by atoms with Crippen LogP contribution in [0.1, 0.15) is 41.7 Å². The minimum absolute atomic E-state index is 0.0705. The number of rotatable bonds is 3. The fraction of sp³-hybridized carbons (Fsp3) is 0.462. The molecular weight excluding hydrogens is 234 g/mol. The lowest BCUT2D eigenvalue weighted by molar-refractivity contribution is 0.0915. The van der Waals surface area contributed by atoms with Crippen molar-refractivity contribution in [2.45, 2.75) is 32.7 Å². The molecule has 0 saturated heterocycles. The van der Waals surface area contributed by atoms with Crippen LogP contribution in [0.25, 0.3) is 0 Å². The Labute approximate surface area is 106 Å². The highest BCUT2D eigenvalue weighted by Gasteiger charge is 2.19. The van der Waals surface area contributed by atoms with Gasteiger partial charge in [0.25, 0.3) is 5.91 Å². The van der Waals surface area contributed by atoms with Crippen molar-refractivity contribution in [3.63, 3.8) is 0 Å². The van der Waals surface area contributed by atoms with Crippen LogP contribution < -0.4 is 5.32 Å². The van der Waals surface area contributed by atoms with Gasteiger partial charge in [-0.2, -0.15) is 0 Å². The lowest BCUT2D eigenvalue weighted by atomic mass is 10.0. The number of aliphatic hydroxyl groups excluding tert-OH is 1. The van der Waals surface area contributed by atoms with Crippen molar-refractivity contribution in [2.75, 3.05) is 6.61 Å². The van der Waals surface area contributed by atoms with Crippen LogP contribution in [-0.2, 0) is 0 Å². The van der Waals surface area contributed by atoms with Crippen molar-refractivity contribution in [1.29, 1.82) is 0 Å². The highest BCUT2D eigenvalue weighted by molar-refractivity contribution is 7.14. The van der Waals surface area contributed by atoms with Gasteiger partial charge in [-0.25, -0.2) is 0 Å². The number of hydrogen-bond acceptors (Lipinski definition) is 3. The van der Waals surface area contributed by atoms with Crippen molar-refractivity contribution in [3.8, 4) is 11.8 Å². The van der Waals surface area contributed by atoms with Gasteiger partial charge in [-0.1, -0.05) is 18.8 Å². The van der Waals surface area contributed by atoms with Crippen molar-refractivity contribution in [2.24, 2.45) is 0 Å². The van der Waals surface area contributed by atoms with E-state index in [2.05, 4.69) is 17.2 Å². The Balaban J connectivity index is 2.74. The van der Waals surface area contributed by atoms with E-state index in [1.807, 2.05) is 20.8 Å². The summed E-state index contributed by atoms with van der Waals surface area (Å²) in [7, 11) is 0. The molecule has 0 bridgehead atoms. The van der Waals surface area contributed by atoms with Crippen molar-refractivity contribution >= 4 is 17.2 Å². The molecule has 0 spiro atoms. The molecule has 0 saturated carbocycles. The van der Waals surface area contributed by atoms with E-state index in [1.54, 1.807) is 12.1 Å². The van der Waals surface area contributed by atoms with Gasteiger partial charge in [0.1, 0.15) is 6.61 Å². The quantitative estimate of drug-likeness (QED) is 0.807. The second kappa shape index (κ2) is 5.85. The van der Waals surface area contributed by atoms with Gasteiger partial charge in [0.2, 0.25) is 0 Å². The van der Waals surface area contributed by atoms with Gasteiger partial charge in [0.15, 0.2) is 0 Å². The van der Waals surface area contributed by atoms with Gasteiger partial charge in [-0.15, -0.1) is 11.3 Å². The van der Waals surface area contributed by atoms with Crippen LogP contribution in [0, 0.1) is 11.8 Å². The number of amides is 1. The Morgan fingerprint density at radius 3 is 2.82 bits per heavy atom. The van der Waals surface area contributed by atoms with E-state index in [4.69, 9.17) is 5.11 Å². The predicted octanol–water partition coefficient (Wildman–Crippen LogP) is 2.01. The molecule has 0 radical (unpaired) electrons. The van der Waals surface area contributed by atoms with E-state index in [1.165, 1.54) is 11.3 Å². The molecule has 0 aliphatic rings.